The Morgan fingerprint density at radius 3 is 2.39 bits per heavy atom. The zero-order valence-electron chi connectivity index (χ0n) is 15.4. The van der Waals surface area contributed by atoms with Gasteiger partial charge in [0.25, 0.3) is 5.91 Å². The van der Waals surface area contributed by atoms with E-state index < -0.39 is 24.5 Å². The van der Waals surface area contributed by atoms with Gasteiger partial charge in [-0.1, -0.05) is 23.7 Å². The summed E-state index contributed by atoms with van der Waals surface area (Å²) in [7, 11) is 0. The number of fused-ring (bicyclic) bond motifs is 5. The minimum atomic E-state index is -1.04. The fraction of sp³-hybridized carbons (Fsp3) is 0.500. The molecular formula is C20H21ClN2O5. The lowest BCUT2D eigenvalue weighted by Crippen LogP contribution is -2.45. The Balaban J connectivity index is 1.35. The maximum absolute atomic E-state index is 12.8. The summed E-state index contributed by atoms with van der Waals surface area (Å²) < 4.78 is 5.04. The summed E-state index contributed by atoms with van der Waals surface area (Å²) in [6.45, 7) is 0.940. The highest BCUT2D eigenvalue weighted by atomic mass is 35.5. The molecule has 1 saturated heterocycles. The van der Waals surface area contributed by atoms with Crippen LogP contribution in [0.2, 0.25) is 5.02 Å². The molecule has 2 aliphatic carbocycles. The molecule has 0 aromatic heterocycles. The van der Waals surface area contributed by atoms with Gasteiger partial charge in [-0.15, -0.1) is 0 Å². The number of carbonyl (C=O) groups is 4. The smallest absolute Gasteiger partial charge is 0.329 e. The second kappa shape index (κ2) is 7.20. The van der Waals surface area contributed by atoms with Gasteiger partial charge in [-0.25, -0.2) is 4.79 Å². The first kappa shape index (κ1) is 18.9. The van der Waals surface area contributed by atoms with Gasteiger partial charge in [0.1, 0.15) is 6.04 Å². The lowest BCUT2D eigenvalue weighted by Gasteiger charge is -2.23. The summed E-state index contributed by atoms with van der Waals surface area (Å²) in [4.78, 5) is 50.9. The molecule has 8 heteroatoms. The molecule has 0 radical (unpaired) electrons. The van der Waals surface area contributed by atoms with E-state index in [4.69, 9.17) is 16.3 Å². The minimum absolute atomic E-state index is 0.251. The summed E-state index contributed by atoms with van der Waals surface area (Å²) in [5.74, 6) is -1.94. The van der Waals surface area contributed by atoms with Crippen LogP contribution in [0.3, 0.4) is 0 Å². The Morgan fingerprint density at radius 1 is 1.18 bits per heavy atom. The van der Waals surface area contributed by atoms with Gasteiger partial charge in [0.15, 0.2) is 6.61 Å². The average Bonchev–Trinajstić information content (AvgIpc) is 3.35. The van der Waals surface area contributed by atoms with Crippen molar-refractivity contribution in [2.24, 2.45) is 23.7 Å². The lowest BCUT2D eigenvalue weighted by molar-refractivity contribution is -0.159. The second-order valence-electron chi connectivity index (χ2n) is 7.74. The van der Waals surface area contributed by atoms with Crippen LogP contribution in [0.25, 0.3) is 0 Å². The maximum Gasteiger partial charge on any atom is 0.329 e. The molecular weight excluding hydrogens is 384 g/mol. The number of likely N-dealkylation sites (tertiary alicyclic amines) is 1. The number of para-hydroxylation sites is 1. The van der Waals surface area contributed by atoms with Crippen molar-refractivity contribution < 1.29 is 23.9 Å². The van der Waals surface area contributed by atoms with Gasteiger partial charge in [0, 0.05) is 0 Å². The number of benzene rings is 1. The number of amides is 3. The number of anilines is 1. The Morgan fingerprint density at radius 2 is 1.79 bits per heavy atom. The van der Waals surface area contributed by atoms with E-state index in [-0.39, 0.29) is 35.5 Å². The van der Waals surface area contributed by atoms with Crippen molar-refractivity contribution in [1.82, 2.24) is 4.90 Å². The number of esters is 1. The van der Waals surface area contributed by atoms with Crippen LogP contribution in [0.4, 0.5) is 5.69 Å². The fourth-order valence-corrected chi connectivity index (χ4v) is 5.11. The molecule has 3 aliphatic rings. The van der Waals surface area contributed by atoms with Crippen LogP contribution >= 0.6 is 11.6 Å². The first-order valence-corrected chi connectivity index (χ1v) is 9.84. The van der Waals surface area contributed by atoms with Gasteiger partial charge >= 0.3 is 5.97 Å². The molecule has 2 saturated carbocycles. The first-order chi connectivity index (χ1) is 13.4. The number of ether oxygens (including phenoxy) is 1. The Labute approximate surface area is 167 Å². The summed E-state index contributed by atoms with van der Waals surface area (Å²) >= 11 is 5.97. The minimum Gasteiger partial charge on any atom is -0.454 e. The van der Waals surface area contributed by atoms with E-state index in [0.29, 0.717) is 10.7 Å². The van der Waals surface area contributed by atoms with E-state index in [2.05, 4.69) is 5.32 Å². The van der Waals surface area contributed by atoms with Crippen LogP contribution in [0.15, 0.2) is 24.3 Å². The maximum atomic E-state index is 12.8. The zero-order valence-corrected chi connectivity index (χ0v) is 16.1. The average molecular weight is 405 g/mol. The number of imide groups is 1. The van der Waals surface area contributed by atoms with E-state index in [1.165, 1.54) is 6.92 Å². The second-order valence-corrected chi connectivity index (χ2v) is 8.15. The summed E-state index contributed by atoms with van der Waals surface area (Å²) in [6, 6.07) is 5.65. The van der Waals surface area contributed by atoms with Crippen molar-refractivity contribution in [2.75, 3.05) is 11.9 Å². The zero-order chi connectivity index (χ0) is 20.0. The molecule has 1 aromatic rings. The van der Waals surface area contributed by atoms with Gasteiger partial charge < -0.3 is 10.1 Å². The fourth-order valence-electron chi connectivity index (χ4n) is 4.93. The largest absolute Gasteiger partial charge is 0.454 e. The Kier molecular flexibility index (Phi) is 4.87. The molecule has 0 spiro atoms. The normalized spacial score (nSPS) is 29.0. The molecule has 3 fully saturated rings. The molecule has 7 nitrogen and oxygen atoms in total. The van der Waals surface area contributed by atoms with Crippen molar-refractivity contribution in [3.05, 3.63) is 29.3 Å². The lowest BCUT2D eigenvalue weighted by atomic mass is 9.81. The highest BCUT2D eigenvalue weighted by Crippen LogP contribution is 2.56. The van der Waals surface area contributed by atoms with E-state index in [0.717, 1.165) is 24.2 Å². The topological polar surface area (TPSA) is 92.8 Å². The molecule has 1 N–H and O–H groups in total. The van der Waals surface area contributed by atoms with Crippen LogP contribution in [0.1, 0.15) is 26.2 Å². The molecule has 2 bridgehead atoms. The van der Waals surface area contributed by atoms with Crippen LogP contribution in [-0.4, -0.2) is 41.2 Å². The van der Waals surface area contributed by atoms with Crippen molar-refractivity contribution in [1.29, 1.82) is 0 Å². The predicted molar refractivity (Wildman–Crippen MR) is 100 cm³/mol. The van der Waals surface area contributed by atoms with Crippen LogP contribution in [-0.2, 0) is 23.9 Å². The molecule has 0 unspecified atom stereocenters. The number of hydrogen-bond donors (Lipinski definition) is 1. The van der Waals surface area contributed by atoms with Crippen LogP contribution in [0, 0.1) is 23.7 Å². The third-order valence-electron chi connectivity index (χ3n) is 6.18. The number of hydrogen-bond acceptors (Lipinski definition) is 5. The summed E-state index contributed by atoms with van der Waals surface area (Å²) in [5, 5.41) is 2.91. The Hall–Kier alpha value is -2.41. The third kappa shape index (κ3) is 3.07. The molecule has 148 valence electrons. The van der Waals surface area contributed by atoms with Gasteiger partial charge in [-0.05, 0) is 50.2 Å². The molecule has 28 heavy (non-hydrogen) atoms. The van der Waals surface area contributed by atoms with E-state index >= 15 is 0 Å². The van der Waals surface area contributed by atoms with Gasteiger partial charge in [-0.3, -0.25) is 19.3 Å². The predicted octanol–water partition coefficient (Wildman–Crippen LogP) is 2.24. The number of nitrogens with one attached hydrogen (secondary N) is 1. The molecule has 1 heterocycles. The molecule has 1 aromatic carbocycles. The quantitative estimate of drug-likeness (QED) is 0.600. The SMILES string of the molecule is C[C@H](C(=O)OCC(=O)Nc1ccccc1Cl)N1C(=O)[C@H]2[C@H]3CC[C@@H](C3)[C@@H]2C1=O. The van der Waals surface area contributed by atoms with Gasteiger partial charge in [-0.2, -0.15) is 0 Å². The molecule has 4 rings (SSSR count). The molecule has 1 aliphatic heterocycles. The van der Waals surface area contributed by atoms with Crippen LogP contribution < -0.4 is 5.32 Å². The number of nitrogens with zero attached hydrogens (tertiary/aromatic N) is 1. The summed E-state index contributed by atoms with van der Waals surface area (Å²) in [6.07, 6.45) is 2.88. The van der Waals surface area contributed by atoms with Crippen molar-refractivity contribution in [3.63, 3.8) is 0 Å². The Bertz CT molecular complexity index is 829. The van der Waals surface area contributed by atoms with E-state index in [9.17, 15) is 19.2 Å². The first-order valence-electron chi connectivity index (χ1n) is 9.46. The number of rotatable bonds is 5. The molecule has 3 amide bonds. The highest BCUT2D eigenvalue weighted by molar-refractivity contribution is 6.33. The van der Waals surface area contributed by atoms with Gasteiger partial charge in [0.2, 0.25) is 11.8 Å². The standard InChI is InChI=1S/C20H21ClN2O5/c1-10(20(27)28-9-15(24)22-14-5-3-2-4-13(14)21)23-18(25)16-11-6-7-12(8-11)17(16)19(23)26/h2-5,10-12,16-17H,6-9H2,1H3,(H,22,24)/t10-,11+,12+,16+,17+/m1/s1. The summed E-state index contributed by atoms with van der Waals surface area (Å²) in [5.41, 5.74) is 0.409. The number of carbonyl (C=O) groups excluding carboxylic acids is 4. The van der Waals surface area contributed by atoms with E-state index in [1.807, 2.05) is 0 Å². The van der Waals surface area contributed by atoms with Crippen molar-refractivity contribution >= 4 is 41.0 Å². The number of halogens is 1. The van der Waals surface area contributed by atoms with Crippen molar-refractivity contribution in [2.45, 2.75) is 32.2 Å². The monoisotopic (exact) mass is 404 g/mol. The molecule has 5 atom stereocenters. The van der Waals surface area contributed by atoms with Gasteiger partial charge in [0.05, 0.1) is 22.5 Å². The highest BCUT2D eigenvalue weighted by Gasteiger charge is 2.62. The van der Waals surface area contributed by atoms with Crippen molar-refractivity contribution in [3.8, 4) is 0 Å². The van der Waals surface area contributed by atoms with E-state index in [1.54, 1.807) is 24.3 Å². The van der Waals surface area contributed by atoms with Crippen LogP contribution in [0.5, 0.6) is 0 Å². The third-order valence-corrected chi connectivity index (χ3v) is 6.51.